The van der Waals surface area contributed by atoms with Crippen LogP contribution in [-0.2, 0) is 48.1 Å². The summed E-state index contributed by atoms with van der Waals surface area (Å²) in [5, 5.41) is 12.7. The second-order valence-corrected chi connectivity index (χ2v) is 22.0. The summed E-state index contributed by atoms with van der Waals surface area (Å²) in [6.45, 7) is -4.55. The van der Waals surface area contributed by atoms with Crippen LogP contribution in [0.25, 0.3) is 83.9 Å². The number of benzene rings is 7. The van der Waals surface area contributed by atoms with Crippen LogP contribution in [0, 0.1) is 6.07 Å². The molecule has 2 aromatic heterocycles. The van der Waals surface area contributed by atoms with Crippen LogP contribution in [0.1, 0.15) is 156 Å². The van der Waals surface area contributed by atoms with Gasteiger partial charge in [-0.15, -0.1) is 23.8 Å². The van der Waals surface area contributed by atoms with Gasteiger partial charge in [-0.2, -0.15) is 0 Å². The minimum Gasteiger partial charge on any atom is -0.507 e. The number of phenolic OH excluding ortho intramolecular Hbond substituents is 1. The topological polar surface area (TPSA) is 50.9 Å². The normalized spacial score (nSPS) is 17.2. The summed E-state index contributed by atoms with van der Waals surface area (Å²) in [5.41, 5.74) is -0.867. The number of para-hydroxylation sites is 1. The van der Waals surface area contributed by atoms with Crippen LogP contribution in [-0.4, -0.2) is 19.6 Å². The van der Waals surface area contributed by atoms with Crippen molar-refractivity contribution in [3.05, 3.63) is 192 Å². The molecule has 0 amide bonds. The van der Waals surface area contributed by atoms with Gasteiger partial charge in [0.05, 0.1) is 22.3 Å². The molecule has 9 aromatic rings. The summed E-state index contributed by atoms with van der Waals surface area (Å²) in [7, 11) is 0. The van der Waals surface area contributed by atoms with Crippen molar-refractivity contribution in [1.29, 1.82) is 0 Å². The molecular formula is C68H72N3OPt-. The molecule has 5 heteroatoms. The number of hydrogen-bond donors (Lipinski definition) is 1. The van der Waals surface area contributed by atoms with E-state index in [9.17, 15) is 5.11 Å². The molecular weight excluding hydrogens is 1070 g/mol. The third-order valence-electron chi connectivity index (χ3n) is 13.3. The molecule has 376 valence electrons. The number of nitrogens with zero attached hydrogens (tertiary/aromatic N) is 3. The molecule has 0 unspecified atom stereocenters. The van der Waals surface area contributed by atoms with Gasteiger partial charge in [0.25, 0.3) is 0 Å². The van der Waals surface area contributed by atoms with Crippen LogP contribution < -0.4 is 0 Å². The molecule has 73 heavy (non-hydrogen) atoms. The van der Waals surface area contributed by atoms with Gasteiger partial charge in [-0.05, 0) is 102 Å². The zero-order valence-electron chi connectivity index (χ0n) is 60.6. The second-order valence-electron chi connectivity index (χ2n) is 22.0. The fourth-order valence-corrected chi connectivity index (χ4v) is 9.23. The molecule has 9 rings (SSSR count). The smallest absolute Gasteiger partial charge is 0.148 e. The first-order chi connectivity index (χ1) is 41.3. The zero-order chi connectivity index (χ0) is 66.7. The Morgan fingerprint density at radius 2 is 1.04 bits per heavy atom. The van der Waals surface area contributed by atoms with Crippen molar-refractivity contribution in [2.45, 2.75) is 130 Å². The fraction of sp³-hybridized carbons (Fsp3) is 0.294. The molecule has 0 fully saturated rings. The van der Waals surface area contributed by atoms with E-state index in [0.29, 0.717) is 50.7 Å². The average molecular weight is 1160 g/mol. The van der Waals surface area contributed by atoms with E-state index in [0.717, 1.165) is 51.2 Å². The number of hydrogen-bond acceptors (Lipinski definition) is 3. The van der Waals surface area contributed by atoms with Crippen molar-refractivity contribution < 1.29 is 50.8 Å². The number of imidazole rings is 1. The summed E-state index contributed by atoms with van der Waals surface area (Å²) >= 11 is 0. The quantitative estimate of drug-likeness (QED) is 0.162. The van der Waals surface area contributed by atoms with Gasteiger partial charge in [0.2, 0.25) is 0 Å². The SMILES string of the molecule is [2H]C([2H])([2H])C(c1cc(-c2ccnc(-c3[c-]c(-c4cccc5c4nc(-c4cc(C(C)(C)C)cc(C(C)(C)C)c4O)n5-c4ccc(C(C)(C)C)cc4-c4ccccc4)cc(-c4ccccc4)c3)c2)cc(C(C([2H])([2H])[2H])(C([2H])([2H])[2H])C([2H])([2H])[2H])c1)(C([2H])([2H])[2H])C([2H])([2H])[2H].[Pt]. The summed E-state index contributed by atoms with van der Waals surface area (Å²) in [6, 6.07) is 48.3. The number of aromatic hydroxyl groups is 1. The largest absolute Gasteiger partial charge is 0.507 e. The Bertz CT molecular complexity index is 4030. The fourth-order valence-electron chi connectivity index (χ4n) is 9.23. The minimum absolute atomic E-state index is 0. The van der Waals surface area contributed by atoms with Gasteiger partial charge in [-0.3, -0.25) is 9.55 Å². The van der Waals surface area contributed by atoms with E-state index in [-0.39, 0.29) is 54.5 Å². The standard InChI is InChI=1S/C68H72N3O.Pt/c1-64(2,3)50-29-30-59(55(40-50)44-25-20-17-21-26-44)71-60-28-22-27-54(61(60)70-63(71)56-41-53(67(10,11)12)42-57(62(56)72)68(13,14)15)48-33-46(43-23-18-16-19-24-43)34-49(35-48)58-38-45(31-32-69-58)47-36-51(65(4,5)6)39-52(37-47)66(7,8)9;/h16-34,36-42,72H,1-15H3;/q-1;/i4D3,5D3,6D3,7D3,8D3,9D3;. The maximum atomic E-state index is 12.7. The number of pyridine rings is 1. The molecule has 0 aliphatic heterocycles. The number of aromatic nitrogens is 3. The molecule has 2 heterocycles. The first kappa shape index (κ1) is 34.2. The molecule has 0 bridgehead atoms. The van der Waals surface area contributed by atoms with Gasteiger partial charge < -0.3 is 5.11 Å². The van der Waals surface area contributed by atoms with E-state index in [1.165, 1.54) is 18.3 Å². The van der Waals surface area contributed by atoms with Crippen LogP contribution in [0.2, 0.25) is 0 Å². The van der Waals surface area contributed by atoms with Gasteiger partial charge in [-0.1, -0.05) is 229 Å². The van der Waals surface area contributed by atoms with Crippen molar-refractivity contribution in [3.8, 4) is 78.6 Å². The Kier molecular flexibility index (Phi) is 9.13. The molecule has 0 aliphatic carbocycles. The predicted molar refractivity (Wildman–Crippen MR) is 305 cm³/mol. The van der Waals surface area contributed by atoms with Crippen LogP contribution in [0.3, 0.4) is 0 Å². The molecule has 0 radical (unpaired) electrons. The predicted octanol–water partition coefficient (Wildman–Crippen LogP) is 18.4. The molecule has 0 saturated heterocycles. The van der Waals surface area contributed by atoms with Gasteiger partial charge in [-0.25, -0.2) is 4.98 Å². The zero-order valence-corrected chi connectivity index (χ0v) is 44.9. The Balaban J connectivity index is 0.0000107. The Labute approximate surface area is 475 Å². The van der Waals surface area contributed by atoms with Crippen LogP contribution in [0.15, 0.2) is 158 Å². The number of phenols is 1. The molecule has 1 N–H and O–H groups in total. The van der Waals surface area contributed by atoms with Crippen LogP contribution >= 0.6 is 0 Å². The third kappa shape index (κ3) is 10.8. The van der Waals surface area contributed by atoms with Crippen molar-refractivity contribution in [2.24, 2.45) is 0 Å². The summed E-state index contributed by atoms with van der Waals surface area (Å²) in [4.78, 5) is 10.3. The second kappa shape index (κ2) is 19.5. The molecule has 0 atom stereocenters. The van der Waals surface area contributed by atoms with Crippen molar-refractivity contribution in [3.63, 3.8) is 0 Å². The van der Waals surface area contributed by atoms with E-state index in [2.05, 4.69) is 109 Å². The van der Waals surface area contributed by atoms with E-state index in [1.807, 2.05) is 84.9 Å². The summed E-state index contributed by atoms with van der Waals surface area (Å²) in [6.07, 6.45) is 1.34. The van der Waals surface area contributed by atoms with Crippen molar-refractivity contribution in [1.82, 2.24) is 14.5 Å². The van der Waals surface area contributed by atoms with E-state index in [1.54, 1.807) is 0 Å². The third-order valence-corrected chi connectivity index (χ3v) is 13.3. The first-order valence-electron chi connectivity index (χ1n) is 33.1. The average Bonchev–Trinajstić information content (AvgIpc) is 1.22. The Morgan fingerprint density at radius 1 is 0.466 bits per heavy atom. The van der Waals surface area contributed by atoms with Crippen molar-refractivity contribution in [2.75, 3.05) is 0 Å². The Morgan fingerprint density at radius 3 is 1.64 bits per heavy atom. The van der Waals surface area contributed by atoms with Gasteiger partial charge in [0.15, 0.2) is 0 Å². The van der Waals surface area contributed by atoms with Crippen LogP contribution in [0.4, 0.5) is 0 Å². The molecule has 7 aromatic carbocycles. The van der Waals surface area contributed by atoms with Gasteiger partial charge in [0, 0.05) is 68.8 Å². The maximum Gasteiger partial charge on any atom is 0.148 e. The van der Waals surface area contributed by atoms with Crippen molar-refractivity contribution >= 4 is 11.0 Å². The summed E-state index contributed by atoms with van der Waals surface area (Å²) in [5.74, 6) is 0.535. The first-order valence-corrected chi connectivity index (χ1v) is 24.1. The number of fused-ring (bicyclic) bond motifs is 1. The molecule has 0 spiro atoms. The van der Waals surface area contributed by atoms with E-state index in [4.69, 9.17) is 34.6 Å². The van der Waals surface area contributed by atoms with E-state index < -0.39 is 68.5 Å². The maximum absolute atomic E-state index is 12.7. The van der Waals surface area contributed by atoms with Gasteiger partial charge >= 0.3 is 0 Å². The Hall–Kier alpha value is -6.35. The molecule has 0 saturated carbocycles. The number of rotatable bonds is 7. The van der Waals surface area contributed by atoms with Gasteiger partial charge in [0.1, 0.15) is 11.6 Å². The molecule has 0 aliphatic rings. The summed E-state index contributed by atoms with van der Waals surface area (Å²) < 4.78 is 157. The minimum atomic E-state index is -3.93. The van der Waals surface area contributed by atoms with E-state index >= 15 is 0 Å². The monoisotopic (exact) mass is 1160 g/mol. The molecule has 4 nitrogen and oxygen atoms in total. The van der Waals surface area contributed by atoms with Crippen LogP contribution in [0.5, 0.6) is 5.75 Å².